The Morgan fingerprint density at radius 2 is 2.10 bits per heavy atom. The van der Waals surface area contributed by atoms with E-state index in [0.717, 1.165) is 0 Å². The third-order valence-electron chi connectivity index (χ3n) is 3.68. The fourth-order valence-corrected chi connectivity index (χ4v) is 4.17. The van der Waals surface area contributed by atoms with Gasteiger partial charge in [-0.3, -0.25) is 10.1 Å². The van der Waals surface area contributed by atoms with Gasteiger partial charge in [0.05, 0.1) is 4.90 Å². The van der Waals surface area contributed by atoms with Crippen LogP contribution in [0.15, 0.2) is 23.4 Å². The summed E-state index contributed by atoms with van der Waals surface area (Å²) in [5, 5.41) is 4.72. The van der Waals surface area contributed by atoms with Crippen molar-refractivity contribution in [3.63, 3.8) is 0 Å². The molecule has 0 aliphatic carbocycles. The Morgan fingerprint density at radius 3 is 2.70 bits per heavy atom. The van der Waals surface area contributed by atoms with Gasteiger partial charge in [0.1, 0.15) is 5.54 Å². The van der Waals surface area contributed by atoms with E-state index in [0.29, 0.717) is 19.4 Å². The lowest BCUT2D eigenvalue weighted by atomic mass is 9.90. The quantitative estimate of drug-likeness (QED) is 0.632. The maximum Gasteiger partial charge on any atom is 0.322 e. The molecule has 1 aromatic rings. The van der Waals surface area contributed by atoms with Gasteiger partial charge >= 0.3 is 6.03 Å². The molecular formula is C11H14N4O4S. The SMILES string of the molecule is O=C1NC(=O)C2(CCCN(S(=O)(=O)c3cc[nH]c3)C2)N1. The highest BCUT2D eigenvalue weighted by Crippen LogP contribution is 2.28. The van der Waals surface area contributed by atoms with Crippen LogP contribution in [0.25, 0.3) is 0 Å². The molecule has 0 aromatic carbocycles. The number of hydrogen-bond donors (Lipinski definition) is 3. The summed E-state index contributed by atoms with van der Waals surface area (Å²) >= 11 is 0. The Bertz CT molecular complexity index is 654. The fraction of sp³-hybridized carbons (Fsp3) is 0.455. The minimum atomic E-state index is -3.65. The van der Waals surface area contributed by atoms with Crippen LogP contribution in [0.5, 0.6) is 0 Å². The summed E-state index contributed by atoms with van der Waals surface area (Å²) < 4.78 is 26.1. The summed E-state index contributed by atoms with van der Waals surface area (Å²) in [4.78, 5) is 26.0. The minimum Gasteiger partial charge on any atom is -0.366 e. The van der Waals surface area contributed by atoms with Crippen LogP contribution in [0, 0.1) is 0 Å². The topological polar surface area (TPSA) is 111 Å². The number of carbonyl (C=O) groups is 2. The molecule has 0 radical (unpaired) electrons. The Morgan fingerprint density at radius 1 is 1.30 bits per heavy atom. The zero-order valence-electron chi connectivity index (χ0n) is 10.5. The highest BCUT2D eigenvalue weighted by molar-refractivity contribution is 7.89. The standard InChI is InChI=1S/C11H14N4O4S/c16-9-11(14-10(17)13-9)3-1-5-15(7-11)20(18,19)8-2-4-12-6-8/h2,4,6,12H,1,3,5,7H2,(H2,13,14,16,17). The van der Waals surface area contributed by atoms with E-state index in [2.05, 4.69) is 15.6 Å². The summed E-state index contributed by atoms with van der Waals surface area (Å²) in [6.45, 7) is 0.288. The van der Waals surface area contributed by atoms with Crippen LogP contribution in [0.2, 0.25) is 0 Å². The molecule has 2 fully saturated rings. The van der Waals surface area contributed by atoms with Crippen molar-refractivity contribution >= 4 is 22.0 Å². The first-order valence-corrected chi connectivity index (χ1v) is 7.65. The molecule has 1 aromatic heterocycles. The average Bonchev–Trinajstić information content (AvgIpc) is 3.00. The van der Waals surface area contributed by atoms with E-state index < -0.39 is 27.5 Å². The molecule has 2 saturated heterocycles. The van der Waals surface area contributed by atoms with Gasteiger partial charge < -0.3 is 10.3 Å². The Kier molecular flexibility index (Phi) is 2.83. The molecule has 3 N–H and O–H groups in total. The van der Waals surface area contributed by atoms with Gasteiger partial charge in [-0.1, -0.05) is 0 Å². The largest absolute Gasteiger partial charge is 0.366 e. The third-order valence-corrected chi connectivity index (χ3v) is 5.52. The number of imide groups is 1. The fourth-order valence-electron chi connectivity index (χ4n) is 2.66. The molecular weight excluding hydrogens is 284 g/mol. The molecule has 0 saturated carbocycles. The van der Waals surface area contributed by atoms with Gasteiger partial charge in [0.2, 0.25) is 10.0 Å². The van der Waals surface area contributed by atoms with E-state index in [1.165, 1.54) is 22.8 Å². The van der Waals surface area contributed by atoms with Crippen molar-refractivity contribution in [3.05, 3.63) is 18.5 Å². The van der Waals surface area contributed by atoms with Crippen LogP contribution in [0.1, 0.15) is 12.8 Å². The summed E-state index contributed by atoms with van der Waals surface area (Å²) in [5.41, 5.74) is -1.14. The molecule has 1 atom stereocenters. The van der Waals surface area contributed by atoms with E-state index in [4.69, 9.17) is 0 Å². The first-order chi connectivity index (χ1) is 9.44. The minimum absolute atomic E-state index is 0.0436. The first-order valence-electron chi connectivity index (χ1n) is 6.21. The molecule has 8 nitrogen and oxygen atoms in total. The number of amides is 3. The molecule has 20 heavy (non-hydrogen) atoms. The monoisotopic (exact) mass is 298 g/mol. The first kappa shape index (κ1) is 13.1. The lowest BCUT2D eigenvalue weighted by Gasteiger charge is -2.36. The molecule has 108 valence electrons. The number of aromatic nitrogens is 1. The third kappa shape index (κ3) is 1.90. The Balaban J connectivity index is 1.90. The summed E-state index contributed by atoms with van der Waals surface area (Å²) in [6, 6.07) is 0.889. The van der Waals surface area contributed by atoms with E-state index in [1.807, 2.05) is 0 Å². The number of urea groups is 1. The second-order valence-electron chi connectivity index (χ2n) is 4.98. The Hall–Kier alpha value is -1.87. The van der Waals surface area contributed by atoms with Crippen molar-refractivity contribution in [3.8, 4) is 0 Å². The van der Waals surface area contributed by atoms with E-state index in [9.17, 15) is 18.0 Å². The van der Waals surface area contributed by atoms with Gasteiger partial charge in [0.15, 0.2) is 0 Å². The van der Waals surface area contributed by atoms with Crippen molar-refractivity contribution in [2.24, 2.45) is 0 Å². The van der Waals surface area contributed by atoms with Crippen molar-refractivity contribution < 1.29 is 18.0 Å². The molecule has 3 heterocycles. The van der Waals surface area contributed by atoms with Crippen LogP contribution in [-0.2, 0) is 14.8 Å². The normalized spacial score (nSPS) is 27.6. The number of aromatic amines is 1. The smallest absolute Gasteiger partial charge is 0.322 e. The van der Waals surface area contributed by atoms with Crippen LogP contribution in [-0.4, -0.2) is 48.3 Å². The average molecular weight is 298 g/mol. The number of nitrogens with zero attached hydrogens (tertiary/aromatic N) is 1. The zero-order valence-corrected chi connectivity index (χ0v) is 11.4. The number of carbonyl (C=O) groups excluding carboxylic acids is 2. The predicted molar refractivity (Wildman–Crippen MR) is 68.2 cm³/mol. The summed E-state index contributed by atoms with van der Waals surface area (Å²) in [6.07, 6.45) is 3.86. The van der Waals surface area contributed by atoms with E-state index >= 15 is 0 Å². The molecule has 3 rings (SSSR count). The molecule has 3 amide bonds. The van der Waals surface area contributed by atoms with Crippen LogP contribution >= 0.6 is 0 Å². The predicted octanol–water partition coefficient (Wildman–Crippen LogP) is -0.623. The van der Waals surface area contributed by atoms with Crippen LogP contribution < -0.4 is 10.6 Å². The Labute approximate surface area is 115 Å². The van der Waals surface area contributed by atoms with Gasteiger partial charge in [-0.05, 0) is 18.9 Å². The number of rotatable bonds is 2. The molecule has 1 unspecified atom stereocenters. The van der Waals surface area contributed by atoms with E-state index in [-0.39, 0.29) is 11.4 Å². The molecule has 1 spiro atoms. The molecule has 0 bridgehead atoms. The van der Waals surface area contributed by atoms with Gasteiger partial charge in [-0.15, -0.1) is 0 Å². The van der Waals surface area contributed by atoms with E-state index in [1.54, 1.807) is 0 Å². The number of H-pyrrole nitrogens is 1. The van der Waals surface area contributed by atoms with Crippen molar-refractivity contribution in [1.29, 1.82) is 0 Å². The van der Waals surface area contributed by atoms with Gasteiger partial charge in [0.25, 0.3) is 5.91 Å². The number of nitrogens with one attached hydrogen (secondary N) is 3. The van der Waals surface area contributed by atoms with Crippen molar-refractivity contribution in [1.82, 2.24) is 19.9 Å². The summed E-state index contributed by atoms with van der Waals surface area (Å²) in [5.74, 6) is -0.462. The van der Waals surface area contributed by atoms with Crippen molar-refractivity contribution in [2.45, 2.75) is 23.3 Å². The maximum absolute atomic E-state index is 12.4. The second-order valence-corrected chi connectivity index (χ2v) is 6.92. The number of sulfonamides is 1. The zero-order chi connectivity index (χ0) is 14.4. The lowest BCUT2D eigenvalue weighted by Crippen LogP contribution is -2.59. The molecule has 2 aliphatic heterocycles. The number of hydrogen-bond acceptors (Lipinski definition) is 4. The second kappa shape index (κ2) is 4.32. The van der Waals surface area contributed by atoms with Gasteiger partial charge in [-0.2, -0.15) is 4.31 Å². The van der Waals surface area contributed by atoms with Gasteiger partial charge in [0, 0.05) is 25.5 Å². The van der Waals surface area contributed by atoms with Crippen LogP contribution in [0.4, 0.5) is 4.79 Å². The highest BCUT2D eigenvalue weighted by Gasteiger charge is 2.50. The highest BCUT2D eigenvalue weighted by atomic mass is 32.2. The summed E-state index contributed by atoms with van der Waals surface area (Å²) in [7, 11) is -3.65. The lowest BCUT2D eigenvalue weighted by molar-refractivity contribution is -0.125. The van der Waals surface area contributed by atoms with Crippen LogP contribution in [0.3, 0.4) is 0 Å². The number of piperidine rings is 1. The van der Waals surface area contributed by atoms with Crippen molar-refractivity contribution in [2.75, 3.05) is 13.1 Å². The molecule has 9 heteroatoms. The maximum atomic E-state index is 12.4. The van der Waals surface area contributed by atoms with Gasteiger partial charge in [-0.25, -0.2) is 13.2 Å². The molecule has 2 aliphatic rings.